The Bertz CT molecular complexity index is 762. The molecule has 0 bridgehead atoms. The largest absolute Gasteiger partial charge is 0.501 e. The average Bonchev–Trinajstić information content (AvgIpc) is 3.06. The van der Waals surface area contributed by atoms with Crippen LogP contribution in [0.25, 0.3) is 0 Å². The summed E-state index contributed by atoms with van der Waals surface area (Å²) in [6.07, 6.45) is 5.67. The zero-order chi connectivity index (χ0) is 16.4. The van der Waals surface area contributed by atoms with E-state index in [2.05, 4.69) is 20.0 Å². The van der Waals surface area contributed by atoms with Crippen molar-refractivity contribution in [3.8, 4) is 5.75 Å². The minimum atomic E-state index is -0.693. The molecule has 2 aromatic heterocycles. The van der Waals surface area contributed by atoms with Gasteiger partial charge in [0.05, 0.1) is 6.20 Å². The number of anilines is 2. The predicted octanol–water partition coefficient (Wildman–Crippen LogP) is 0.716. The van der Waals surface area contributed by atoms with Crippen molar-refractivity contribution in [2.24, 2.45) is 7.05 Å². The lowest BCUT2D eigenvalue weighted by Crippen LogP contribution is -2.36. The quantitative estimate of drug-likeness (QED) is 0.856. The van der Waals surface area contributed by atoms with Gasteiger partial charge in [-0.05, 0) is 19.3 Å². The fraction of sp³-hybridized carbons (Fsp3) is 0.429. The van der Waals surface area contributed by atoms with E-state index in [0.29, 0.717) is 11.6 Å². The molecule has 1 aliphatic heterocycles. The number of aromatic nitrogens is 3. The van der Waals surface area contributed by atoms with Crippen LogP contribution in [-0.2, 0) is 7.05 Å². The number of amides is 1. The number of nitrogens with one attached hydrogen (secondary N) is 1. The van der Waals surface area contributed by atoms with E-state index in [4.69, 9.17) is 0 Å². The summed E-state index contributed by atoms with van der Waals surface area (Å²) in [6, 6.07) is 0. The summed E-state index contributed by atoms with van der Waals surface area (Å²) in [4.78, 5) is 30.6. The van der Waals surface area contributed by atoms with Gasteiger partial charge in [0.1, 0.15) is 12.0 Å². The van der Waals surface area contributed by atoms with E-state index in [1.165, 1.54) is 24.1 Å². The summed E-state index contributed by atoms with van der Waals surface area (Å²) in [5.74, 6) is -0.994. The van der Waals surface area contributed by atoms with Crippen molar-refractivity contribution in [2.75, 3.05) is 23.3 Å². The van der Waals surface area contributed by atoms with Crippen LogP contribution in [0.15, 0.2) is 21.8 Å². The van der Waals surface area contributed by atoms with Crippen molar-refractivity contribution in [2.45, 2.75) is 19.3 Å². The first-order chi connectivity index (χ1) is 11.1. The molecule has 3 rings (SSSR count). The van der Waals surface area contributed by atoms with Crippen LogP contribution >= 0.6 is 0 Å². The Morgan fingerprint density at radius 1 is 1.35 bits per heavy atom. The molecular formula is C14H17N5O4. The monoisotopic (exact) mass is 319 g/mol. The normalized spacial score (nSPS) is 14.7. The lowest BCUT2D eigenvalue weighted by atomic mass is 10.1. The van der Waals surface area contributed by atoms with Gasteiger partial charge in [-0.1, -0.05) is 5.16 Å². The molecule has 9 nitrogen and oxygen atoms in total. The van der Waals surface area contributed by atoms with E-state index in [1.807, 2.05) is 4.90 Å². The summed E-state index contributed by atoms with van der Waals surface area (Å²) in [6.45, 7) is 1.52. The Kier molecular flexibility index (Phi) is 4.00. The zero-order valence-corrected chi connectivity index (χ0v) is 12.7. The Hall–Kier alpha value is -2.84. The van der Waals surface area contributed by atoms with Crippen LogP contribution in [0.1, 0.15) is 29.8 Å². The second-order valence-corrected chi connectivity index (χ2v) is 5.39. The lowest BCUT2D eigenvalue weighted by Gasteiger charge is -2.29. The maximum Gasteiger partial charge on any atom is 0.297 e. The molecule has 1 amide bonds. The molecular weight excluding hydrogens is 302 g/mol. The molecule has 0 unspecified atom stereocenters. The van der Waals surface area contributed by atoms with Gasteiger partial charge in [-0.3, -0.25) is 14.2 Å². The third kappa shape index (κ3) is 2.89. The SMILES string of the molecule is Cn1c(N2CCCCC2)nc(C(=O)Nc2cnoc2)c(O)c1=O. The Morgan fingerprint density at radius 2 is 2.09 bits per heavy atom. The van der Waals surface area contributed by atoms with E-state index in [-0.39, 0.29) is 5.69 Å². The molecule has 0 spiro atoms. The highest BCUT2D eigenvalue weighted by Crippen LogP contribution is 2.20. The second kappa shape index (κ2) is 6.11. The Labute approximate surface area is 131 Å². The third-order valence-corrected chi connectivity index (χ3v) is 3.79. The maximum atomic E-state index is 12.3. The molecule has 2 aromatic rings. The fourth-order valence-corrected chi connectivity index (χ4v) is 2.57. The summed E-state index contributed by atoms with van der Waals surface area (Å²) >= 11 is 0. The molecule has 0 atom stereocenters. The van der Waals surface area contributed by atoms with Crippen molar-refractivity contribution >= 4 is 17.5 Å². The molecule has 0 aromatic carbocycles. The number of nitrogens with zero attached hydrogens (tertiary/aromatic N) is 4. The molecule has 2 N–H and O–H groups in total. The Balaban J connectivity index is 1.97. The molecule has 9 heteroatoms. The maximum absolute atomic E-state index is 12.3. The van der Waals surface area contributed by atoms with E-state index >= 15 is 0 Å². The van der Waals surface area contributed by atoms with Crippen molar-refractivity contribution in [1.82, 2.24) is 14.7 Å². The lowest BCUT2D eigenvalue weighted by molar-refractivity contribution is 0.101. The average molecular weight is 319 g/mol. The van der Waals surface area contributed by atoms with Gasteiger partial charge in [-0.25, -0.2) is 4.98 Å². The number of rotatable bonds is 3. The summed E-state index contributed by atoms with van der Waals surface area (Å²) in [5.41, 5.74) is -0.651. The number of hydrogen-bond acceptors (Lipinski definition) is 7. The van der Waals surface area contributed by atoms with E-state index in [9.17, 15) is 14.7 Å². The zero-order valence-electron chi connectivity index (χ0n) is 12.7. The molecule has 1 saturated heterocycles. The number of aromatic hydroxyl groups is 1. The number of piperidine rings is 1. The number of carbonyl (C=O) groups is 1. The van der Waals surface area contributed by atoms with Crippen LogP contribution in [0.2, 0.25) is 0 Å². The molecule has 1 fully saturated rings. The highest BCUT2D eigenvalue weighted by atomic mass is 16.5. The summed E-state index contributed by atoms with van der Waals surface area (Å²) in [7, 11) is 1.53. The van der Waals surface area contributed by atoms with Gasteiger partial charge in [0.2, 0.25) is 11.7 Å². The molecule has 23 heavy (non-hydrogen) atoms. The highest BCUT2D eigenvalue weighted by Gasteiger charge is 2.24. The molecule has 1 aliphatic rings. The standard InChI is InChI=1S/C14H17N5O4/c1-18-13(22)11(20)10(12(21)16-9-7-15-23-8-9)17-14(18)19-5-3-2-4-6-19/h7-8,20H,2-6H2,1H3,(H,16,21). The molecule has 0 saturated carbocycles. The van der Waals surface area contributed by atoms with Gasteiger partial charge < -0.3 is 19.8 Å². The minimum absolute atomic E-state index is 0.310. The van der Waals surface area contributed by atoms with Crippen LogP contribution in [0.5, 0.6) is 5.75 Å². The molecule has 0 aliphatic carbocycles. The van der Waals surface area contributed by atoms with Crippen LogP contribution in [0.3, 0.4) is 0 Å². The molecule has 0 radical (unpaired) electrons. The van der Waals surface area contributed by atoms with E-state index < -0.39 is 17.2 Å². The molecule has 3 heterocycles. The minimum Gasteiger partial charge on any atom is -0.501 e. The van der Waals surface area contributed by atoms with Crippen LogP contribution in [0.4, 0.5) is 11.6 Å². The van der Waals surface area contributed by atoms with Gasteiger partial charge in [0, 0.05) is 20.1 Å². The van der Waals surface area contributed by atoms with Crippen LogP contribution < -0.4 is 15.8 Å². The first-order valence-corrected chi connectivity index (χ1v) is 7.33. The smallest absolute Gasteiger partial charge is 0.297 e. The number of hydrogen-bond donors (Lipinski definition) is 2. The van der Waals surface area contributed by atoms with Gasteiger partial charge in [-0.2, -0.15) is 0 Å². The fourth-order valence-electron chi connectivity index (χ4n) is 2.57. The summed E-state index contributed by atoms with van der Waals surface area (Å²) < 4.78 is 5.88. The highest BCUT2D eigenvalue weighted by molar-refractivity contribution is 6.04. The predicted molar refractivity (Wildman–Crippen MR) is 81.7 cm³/mol. The third-order valence-electron chi connectivity index (χ3n) is 3.79. The molecule has 122 valence electrons. The first kappa shape index (κ1) is 15.1. The van der Waals surface area contributed by atoms with Gasteiger partial charge in [0.25, 0.3) is 11.5 Å². The van der Waals surface area contributed by atoms with Crippen LogP contribution in [-0.4, -0.2) is 38.8 Å². The van der Waals surface area contributed by atoms with Crippen molar-refractivity contribution in [3.05, 3.63) is 28.5 Å². The van der Waals surface area contributed by atoms with Crippen LogP contribution in [0, 0.1) is 0 Å². The second-order valence-electron chi connectivity index (χ2n) is 5.39. The van der Waals surface area contributed by atoms with Crippen molar-refractivity contribution < 1.29 is 14.4 Å². The Morgan fingerprint density at radius 3 is 2.74 bits per heavy atom. The van der Waals surface area contributed by atoms with Gasteiger partial charge in [-0.15, -0.1) is 0 Å². The number of carbonyl (C=O) groups excluding carboxylic acids is 1. The van der Waals surface area contributed by atoms with Gasteiger partial charge in [0.15, 0.2) is 5.69 Å². The van der Waals surface area contributed by atoms with E-state index in [1.54, 1.807) is 0 Å². The van der Waals surface area contributed by atoms with Crippen molar-refractivity contribution in [1.29, 1.82) is 0 Å². The topological polar surface area (TPSA) is 113 Å². The first-order valence-electron chi connectivity index (χ1n) is 7.33. The van der Waals surface area contributed by atoms with Crippen molar-refractivity contribution in [3.63, 3.8) is 0 Å². The van der Waals surface area contributed by atoms with E-state index in [0.717, 1.165) is 32.4 Å². The van der Waals surface area contributed by atoms with Gasteiger partial charge >= 0.3 is 0 Å². The summed E-state index contributed by atoms with van der Waals surface area (Å²) in [5, 5.41) is 15.9.